The maximum absolute atomic E-state index is 13.4. The Kier molecular flexibility index (Phi) is 6.03. The van der Waals surface area contributed by atoms with E-state index in [1.165, 1.54) is 5.56 Å². The van der Waals surface area contributed by atoms with E-state index in [0.717, 1.165) is 33.5 Å². The molecule has 0 aliphatic rings. The van der Waals surface area contributed by atoms with Crippen LogP contribution in [0, 0.1) is 0 Å². The summed E-state index contributed by atoms with van der Waals surface area (Å²) in [6, 6.07) is 20.1. The lowest BCUT2D eigenvalue weighted by molar-refractivity contribution is 0.0951. The van der Waals surface area contributed by atoms with E-state index >= 15 is 0 Å². The lowest BCUT2D eigenvalue weighted by atomic mass is 10.0. The first-order chi connectivity index (χ1) is 15.1. The van der Waals surface area contributed by atoms with Gasteiger partial charge in [-0.05, 0) is 35.2 Å². The normalized spacial score (nSPS) is 11.1. The molecule has 2 aromatic heterocycles. The Morgan fingerprint density at radius 1 is 1.06 bits per heavy atom. The molecule has 2 heterocycles. The van der Waals surface area contributed by atoms with Gasteiger partial charge in [-0.1, -0.05) is 50.2 Å². The van der Waals surface area contributed by atoms with Crippen LogP contribution in [-0.2, 0) is 13.1 Å². The van der Waals surface area contributed by atoms with Crippen LogP contribution in [0.5, 0.6) is 5.75 Å². The highest BCUT2D eigenvalue weighted by atomic mass is 16.5. The molecule has 0 saturated heterocycles. The van der Waals surface area contributed by atoms with Crippen LogP contribution in [-0.4, -0.2) is 22.6 Å². The summed E-state index contributed by atoms with van der Waals surface area (Å²) in [7, 11) is 1.66. The molecule has 0 radical (unpaired) electrons. The number of rotatable bonds is 7. The van der Waals surface area contributed by atoms with Crippen molar-refractivity contribution in [2.45, 2.75) is 32.9 Å². The topological polar surface area (TPSA) is 56.1 Å². The minimum atomic E-state index is -0.0745. The van der Waals surface area contributed by atoms with Gasteiger partial charge < -0.3 is 14.6 Å². The van der Waals surface area contributed by atoms with Crippen molar-refractivity contribution in [1.82, 2.24) is 14.9 Å². The first kappa shape index (κ1) is 20.7. The van der Waals surface area contributed by atoms with Crippen molar-refractivity contribution < 1.29 is 9.53 Å². The zero-order chi connectivity index (χ0) is 21.8. The molecule has 0 spiro atoms. The molecule has 0 fully saturated rings. The predicted molar refractivity (Wildman–Crippen MR) is 124 cm³/mol. The fraction of sp³-hybridized carbons (Fsp3) is 0.231. The van der Waals surface area contributed by atoms with Crippen LogP contribution in [0.25, 0.3) is 10.9 Å². The molecule has 0 bridgehead atoms. The standard InChI is InChI=1S/C26H27N3O2/c1-18(2)25-24(26(30)28-16-20-10-7-13-27-15-20)22-12-11-21(31-3)14-23(22)29(25)17-19-8-5-4-6-9-19/h4-15,18H,16-17H2,1-3H3,(H,28,30). The van der Waals surface area contributed by atoms with Gasteiger partial charge in [0.1, 0.15) is 5.75 Å². The number of methoxy groups -OCH3 is 1. The molecule has 0 unspecified atom stereocenters. The SMILES string of the molecule is COc1ccc2c(C(=O)NCc3cccnc3)c(C(C)C)n(Cc3ccccc3)c2c1. The molecular weight excluding hydrogens is 386 g/mol. The summed E-state index contributed by atoms with van der Waals surface area (Å²) in [6.45, 7) is 5.38. The second kappa shape index (κ2) is 9.04. The first-order valence-corrected chi connectivity index (χ1v) is 10.5. The Morgan fingerprint density at radius 2 is 1.84 bits per heavy atom. The molecule has 4 aromatic rings. The zero-order valence-electron chi connectivity index (χ0n) is 18.1. The summed E-state index contributed by atoms with van der Waals surface area (Å²) in [5.74, 6) is 0.868. The van der Waals surface area contributed by atoms with Crippen LogP contribution in [0.3, 0.4) is 0 Å². The number of hydrogen-bond acceptors (Lipinski definition) is 3. The van der Waals surface area contributed by atoms with Gasteiger partial charge in [-0.3, -0.25) is 9.78 Å². The largest absolute Gasteiger partial charge is 0.497 e. The van der Waals surface area contributed by atoms with E-state index < -0.39 is 0 Å². The van der Waals surface area contributed by atoms with Gasteiger partial charge in [-0.25, -0.2) is 0 Å². The fourth-order valence-electron chi connectivity index (χ4n) is 4.02. The third kappa shape index (κ3) is 4.31. The molecule has 1 amide bonds. The van der Waals surface area contributed by atoms with Gasteiger partial charge >= 0.3 is 0 Å². The summed E-state index contributed by atoms with van der Waals surface area (Å²) in [4.78, 5) is 17.5. The summed E-state index contributed by atoms with van der Waals surface area (Å²) in [5.41, 5.74) is 4.91. The Bertz CT molecular complexity index is 1180. The number of fused-ring (bicyclic) bond motifs is 1. The van der Waals surface area contributed by atoms with Gasteiger partial charge in [-0.2, -0.15) is 0 Å². The van der Waals surface area contributed by atoms with Crippen LogP contribution < -0.4 is 10.1 Å². The highest BCUT2D eigenvalue weighted by molar-refractivity contribution is 6.09. The molecule has 5 heteroatoms. The summed E-state index contributed by atoms with van der Waals surface area (Å²) in [5, 5.41) is 4.02. The first-order valence-electron chi connectivity index (χ1n) is 10.5. The minimum Gasteiger partial charge on any atom is -0.497 e. The average Bonchev–Trinajstić information content (AvgIpc) is 3.12. The van der Waals surface area contributed by atoms with Crippen molar-refractivity contribution >= 4 is 16.8 Å². The quantitative estimate of drug-likeness (QED) is 0.456. The third-order valence-corrected chi connectivity index (χ3v) is 5.45. The number of carbonyl (C=O) groups excluding carboxylic acids is 1. The van der Waals surface area contributed by atoms with Gasteiger partial charge in [0.2, 0.25) is 0 Å². The highest BCUT2D eigenvalue weighted by Gasteiger charge is 2.25. The van der Waals surface area contributed by atoms with Crippen molar-refractivity contribution in [2.75, 3.05) is 7.11 Å². The van der Waals surface area contributed by atoms with Crippen molar-refractivity contribution in [3.8, 4) is 5.75 Å². The zero-order valence-corrected chi connectivity index (χ0v) is 18.1. The van der Waals surface area contributed by atoms with Gasteiger partial charge in [0.05, 0.1) is 18.2 Å². The Morgan fingerprint density at radius 3 is 2.52 bits per heavy atom. The van der Waals surface area contributed by atoms with Crippen LogP contribution >= 0.6 is 0 Å². The van der Waals surface area contributed by atoms with E-state index in [1.807, 2.05) is 48.5 Å². The van der Waals surface area contributed by atoms with Gasteiger partial charge in [-0.15, -0.1) is 0 Å². The van der Waals surface area contributed by atoms with E-state index in [-0.39, 0.29) is 11.8 Å². The second-order valence-corrected chi connectivity index (χ2v) is 7.91. The van der Waals surface area contributed by atoms with Crippen molar-refractivity contribution in [1.29, 1.82) is 0 Å². The summed E-state index contributed by atoms with van der Waals surface area (Å²) in [6.07, 6.45) is 3.50. The van der Waals surface area contributed by atoms with E-state index in [1.54, 1.807) is 19.5 Å². The minimum absolute atomic E-state index is 0.0745. The molecule has 1 N–H and O–H groups in total. The maximum Gasteiger partial charge on any atom is 0.254 e. The van der Waals surface area contributed by atoms with Crippen molar-refractivity contribution in [3.63, 3.8) is 0 Å². The fourth-order valence-corrected chi connectivity index (χ4v) is 4.02. The molecule has 0 atom stereocenters. The van der Waals surface area contributed by atoms with Crippen LogP contribution in [0.2, 0.25) is 0 Å². The van der Waals surface area contributed by atoms with Crippen molar-refractivity contribution in [2.24, 2.45) is 0 Å². The number of nitrogens with zero attached hydrogens (tertiary/aromatic N) is 2. The number of pyridine rings is 1. The maximum atomic E-state index is 13.4. The Hall–Kier alpha value is -3.60. The van der Waals surface area contributed by atoms with Crippen molar-refractivity contribution in [3.05, 3.63) is 95.4 Å². The second-order valence-electron chi connectivity index (χ2n) is 7.91. The number of benzene rings is 2. The molecule has 31 heavy (non-hydrogen) atoms. The van der Waals surface area contributed by atoms with E-state index in [9.17, 15) is 4.79 Å². The Labute approximate surface area is 182 Å². The number of nitrogens with one attached hydrogen (secondary N) is 1. The molecule has 158 valence electrons. The van der Waals surface area contributed by atoms with E-state index in [2.05, 4.69) is 40.8 Å². The molecule has 5 nitrogen and oxygen atoms in total. The molecular formula is C26H27N3O2. The molecule has 4 rings (SSSR count). The number of amides is 1. The average molecular weight is 414 g/mol. The molecule has 0 aliphatic heterocycles. The lowest BCUT2D eigenvalue weighted by Gasteiger charge is -2.16. The smallest absolute Gasteiger partial charge is 0.254 e. The van der Waals surface area contributed by atoms with Gasteiger partial charge in [0, 0.05) is 42.6 Å². The summed E-state index contributed by atoms with van der Waals surface area (Å²) >= 11 is 0. The monoisotopic (exact) mass is 413 g/mol. The van der Waals surface area contributed by atoms with E-state index in [4.69, 9.17) is 4.74 Å². The molecule has 0 aliphatic carbocycles. The molecule has 2 aromatic carbocycles. The third-order valence-electron chi connectivity index (χ3n) is 5.45. The summed E-state index contributed by atoms with van der Waals surface area (Å²) < 4.78 is 7.73. The van der Waals surface area contributed by atoms with Gasteiger partial charge in [0.25, 0.3) is 5.91 Å². The predicted octanol–water partition coefficient (Wildman–Crippen LogP) is 5.15. The lowest BCUT2D eigenvalue weighted by Crippen LogP contribution is -2.24. The number of hydrogen-bond donors (Lipinski definition) is 1. The highest BCUT2D eigenvalue weighted by Crippen LogP contribution is 2.34. The molecule has 0 saturated carbocycles. The van der Waals surface area contributed by atoms with Crippen LogP contribution in [0.1, 0.15) is 46.9 Å². The van der Waals surface area contributed by atoms with Crippen LogP contribution in [0.15, 0.2) is 73.1 Å². The number of ether oxygens (including phenoxy) is 1. The Balaban J connectivity index is 1.81. The number of aromatic nitrogens is 2. The van der Waals surface area contributed by atoms with E-state index in [0.29, 0.717) is 13.1 Å². The number of carbonyl (C=O) groups is 1. The van der Waals surface area contributed by atoms with Gasteiger partial charge in [0.15, 0.2) is 0 Å². The van der Waals surface area contributed by atoms with Crippen LogP contribution in [0.4, 0.5) is 0 Å².